The molecule has 1 aliphatic heterocycles. The molecule has 21 heavy (non-hydrogen) atoms. The lowest BCUT2D eigenvalue weighted by Gasteiger charge is -2.24. The van der Waals surface area contributed by atoms with E-state index in [1.807, 2.05) is 0 Å². The van der Waals surface area contributed by atoms with Crippen molar-refractivity contribution in [2.24, 2.45) is 0 Å². The van der Waals surface area contributed by atoms with Gasteiger partial charge >= 0.3 is 6.18 Å². The highest BCUT2D eigenvalue weighted by Gasteiger charge is 2.31. The fraction of sp³-hybridized carbons (Fsp3) is 0.545. The van der Waals surface area contributed by atoms with E-state index >= 15 is 0 Å². The van der Waals surface area contributed by atoms with Gasteiger partial charge < -0.3 is 15.2 Å². The van der Waals surface area contributed by atoms with Gasteiger partial charge in [-0.15, -0.1) is 0 Å². The summed E-state index contributed by atoms with van der Waals surface area (Å²) in [6.07, 6.45) is -5.93. The third kappa shape index (κ3) is 5.86. The fourth-order valence-electron chi connectivity index (χ4n) is 1.59. The molecule has 1 aromatic heterocycles. The zero-order valence-corrected chi connectivity index (χ0v) is 11.6. The minimum absolute atomic E-state index is 0.0752. The predicted molar refractivity (Wildman–Crippen MR) is 69.3 cm³/mol. The Morgan fingerprint density at radius 1 is 1.29 bits per heavy atom. The van der Waals surface area contributed by atoms with E-state index in [1.165, 1.54) is 0 Å². The number of H-pyrrole nitrogens is 1. The van der Waals surface area contributed by atoms with Crippen molar-refractivity contribution in [1.82, 2.24) is 4.98 Å². The molecule has 0 saturated carbocycles. The lowest BCUT2D eigenvalue weighted by Crippen LogP contribution is -2.39. The Morgan fingerprint density at radius 2 is 1.90 bits per heavy atom. The van der Waals surface area contributed by atoms with Crippen molar-refractivity contribution in [2.45, 2.75) is 24.8 Å². The highest BCUT2D eigenvalue weighted by molar-refractivity contribution is 7.92. The lowest BCUT2D eigenvalue weighted by atomic mass is 10.2. The van der Waals surface area contributed by atoms with Crippen molar-refractivity contribution in [3.8, 4) is 0 Å². The monoisotopic (exact) mass is 328 g/mol. The van der Waals surface area contributed by atoms with Crippen LogP contribution < -0.4 is 5.56 Å². The van der Waals surface area contributed by atoms with Crippen LogP contribution in [0, 0.1) is 4.78 Å². The first-order valence-corrected chi connectivity index (χ1v) is 7.78. The average molecular weight is 328 g/mol. The first-order valence-electron chi connectivity index (χ1n) is 5.88. The van der Waals surface area contributed by atoms with Crippen LogP contribution in [0.3, 0.4) is 0 Å². The van der Waals surface area contributed by atoms with Gasteiger partial charge in [0.05, 0.1) is 18.0 Å². The molecule has 0 aromatic carbocycles. The van der Waals surface area contributed by atoms with E-state index in [1.54, 1.807) is 4.98 Å². The molecule has 0 bridgehead atoms. The average Bonchev–Trinajstić information content (AvgIpc) is 2.34. The van der Waals surface area contributed by atoms with Crippen LogP contribution in [0.15, 0.2) is 23.0 Å². The maximum Gasteiger partial charge on any atom is 0.431 e. The number of alkyl halides is 3. The number of hydrogen-bond donors (Lipinski definition) is 4. The topological polar surface area (TPSA) is 114 Å². The van der Waals surface area contributed by atoms with E-state index in [9.17, 15) is 22.2 Å². The van der Waals surface area contributed by atoms with Crippen molar-refractivity contribution in [3.63, 3.8) is 0 Å². The summed E-state index contributed by atoms with van der Waals surface area (Å²) in [6, 6.07) is 2.89. The summed E-state index contributed by atoms with van der Waals surface area (Å²) in [4.78, 5) is 12.0. The second-order valence-electron chi connectivity index (χ2n) is 4.53. The van der Waals surface area contributed by atoms with Crippen molar-refractivity contribution in [3.05, 3.63) is 34.2 Å². The van der Waals surface area contributed by atoms with Gasteiger partial charge in [0.2, 0.25) is 5.56 Å². The largest absolute Gasteiger partial charge is 0.431 e. The minimum Gasteiger partial charge on any atom is -0.390 e. The third-order valence-electron chi connectivity index (χ3n) is 2.70. The zero-order valence-electron chi connectivity index (χ0n) is 10.8. The first kappa shape index (κ1) is 17.7. The van der Waals surface area contributed by atoms with Gasteiger partial charge in [-0.05, 0) is 12.5 Å². The molecular formula is C11H15F3N2O4S. The van der Waals surface area contributed by atoms with Crippen LogP contribution in [0.25, 0.3) is 0 Å². The third-order valence-corrected chi connectivity index (χ3v) is 4.48. The summed E-state index contributed by atoms with van der Waals surface area (Å²) in [5.74, 6) is 0.138. The van der Waals surface area contributed by atoms with Crippen molar-refractivity contribution >= 4 is 9.73 Å². The molecule has 0 amide bonds. The van der Waals surface area contributed by atoms with Crippen LogP contribution in [0.2, 0.25) is 0 Å². The number of aliphatic hydroxyl groups excluding tert-OH is 2. The molecule has 10 heteroatoms. The minimum atomic E-state index is -4.47. The zero-order chi connectivity index (χ0) is 16.3. The fourth-order valence-corrected chi connectivity index (χ4v) is 3.15. The molecule has 0 spiro atoms. The van der Waals surface area contributed by atoms with Crippen LogP contribution in [0.1, 0.15) is 12.1 Å². The van der Waals surface area contributed by atoms with E-state index in [0.29, 0.717) is 0 Å². The quantitative estimate of drug-likeness (QED) is 0.557. The molecule has 2 heterocycles. The highest BCUT2D eigenvalue weighted by atomic mass is 32.2. The smallest absolute Gasteiger partial charge is 0.390 e. The normalized spacial score (nSPS) is 29.4. The van der Waals surface area contributed by atoms with E-state index in [4.69, 9.17) is 15.0 Å². The molecule has 3 atom stereocenters. The standard InChI is InChI=1S/C6H4F3NO.C5H11NO3S/c7-6(8,9)4-2-1-3-5(11)10-4;6-10(9)2-1-4(7)5(8)3-10/h1-3H,(H,10,11);4-8H,1-3H2. The summed E-state index contributed by atoms with van der Waals surface area (Å²) in [6.45, 7) is 0. The Hall–Kier alpha value is -1.39. The maximum absolute atomic E-state index is 11.8. The van der Waals surface area contributed by atoms with E-state index in [2.05, 4.69) is 0 Å². The molecule has 120 valence electrons. The molecule has 1 aromatic rings. The van der Waals surface area contributed by atoms with Crippen LogP contribution in [0.4, 0.5) is 13.2 Å². The predicted octanol–water partition coefficient (Wildman–Crippen LogP) is 0.552. The number of rotatable bonds is 0. The van der Waals surface area contributed by atoms with Gasteiger partial charge in [-0.2, -0.15) is 13.2 Å². The number of hydrogen-bond acceptors (Lipinski definition) is 5. The molecule has 1 aliphatic rings. The maximum atomic E-state index is 11.8. The molecule has 6 nitrogen and oxygen atoms in total. The Balaban J connectivity index is 0.000000211. The second kappa shape index (κ2) is 6.58. The number of halogens is 3. The summed E-state index contributed by atoms with van der Waals surface area (Å²) in [7, 11) is -2.57. The summed E-state index contributed by atoms with van der Waals surface area (Å²) in [5, 5.41) is 17.9. The van der Waals surface area contributed by atoms with Gasteiger partial charge in [-0.3, -0.25) is 9.57 Å². The molecule has 0 aliphatic carbocycles. The van der Waals surface area contributed by atoms with Gasteiger partial charge in [-0.25, -0.2) is 4.21 Å². The molecule has 0 radical (unpaired) electrons. The van der Waals surface area contributed by atoms with Gasteiger partial charge in [0.15, 0.2) is 0 Å². The van der Waals surface area contributed by atoms with Crippen LogP contribution >= 0.6 is 0 Å². The molecule has 1 fully saturated rings. The number of aromatic nitrogens is 1. The molecule has 2 rings (SSSR count). The van der Waals surface area contributed by atoms with Crippen LogP contribution in [0.5, 0.6) is 0 Å². The van der Waals surface area contributed by atoms with Gasteiger partial charge in [0, 0.05) is 21.5 Å². The Bertz CT molecular complexity index is 627. The first-order chi connectivity index (χ1) is 9.51. The van der Waals surface area contributed by atoms with Gasteiger partial charge in [0.1, 0.15) is 5.69 Å². The molecule has 1 saturated heterocycles. The Labute approximate surface area is 118 Å². The Kier molecular flexibility index (Phi) is 5.54. The van der Waals surface area contributed by atoms with Crippen molar-refractivity contribution in [1.29, 1.82) is 4.78 Å². The second-order valence-corrected chi connectivity index (χ2v) is 6.90. The Morgan fingerprint density at radius 3 is 2.29 bits per heavy atom. The molecular weight excluding hydrogens is 313 g/mol. The number of aliphatic hydroxyl groups is 2. The number of pyridine rings is 1. The summed E-state index contributed by atoms with van der Waals surface area (Å²) in [5.41, 5.74) is -1.77. The highest BCUT2D eigenvalue weighted by Crippen LogP contribution is 2.25. The lowest BCUT2D eigenvalue weighted by molar-refractivity contribution is -0.141. The number of nitrogens with one attached hydrogen (secondary N) is 2. The van der Waals surface area contributed by atoms with Crippen molar-refractivity contribution < 1.29 is 27.6 Å². The molecule has 3 unspecified atom stereocenters. The van der Waals surface area contributed by atoms with Crippen LogP contribution in [-0.2, 0) is 15.9 Å². The summed E-state index contributed by atoms with van der Waals surface area (Å²) < 4.78 is 53.5. The summed E-state index contributed by atoms with van der Waals surface area (Å²) >= 11 is 0. The van der Waals surface area contributed by atoms with E-state index in [-0.39, 0.29) is 17.9 Å². The van der Waals surface area contributed by atoms with Crippen molar-refractivity contribution in [2.75, 3.05) is 11.5 Å². The van der Waals surface area contributed by atoms with Crippen LogP contribution in [-0.4, -0.2) is 43.1 Å². The number of aromatic amines is 1. The van der Waals surface area contributed by atoms with E-state index in [0.717, 1.165) is 18.2 Å². The SMILES string of the molecule is N=S1(=O)CCC(O)C(O)C1.O=c1cccc(C(F)(F)F)[nH]1. The van der Waals surface area contributed by atoms with Gasteiger partial charge in [-0.1, -0.05) is 6.07 Å². The van der Waals surface area contributed by atoms with Gasteiger partial charge in [0.25, 0.3) is 0 Å². The van der Waals surface area contributed by atoms with E-state index < -0.39 is 39.4 Å². The molecule has 4 N–H and O–H groups in total.